The zero-order valence-corrected chi connectivity index (χ0v) is 10.0. The SMILES string of the molecule is NC(=O)C1CCN(CCCCCCO)CC1. The van der Waals surface area contributed by atoms with Crippen LogP contribution in [0.5, 0.6) is 0 Å². The monoisotopic (exact) mass is 228 g/mol. The van der Waals surface area contributed by atoms with Gasteiger partial charge in [-0.3, -0.25) is 4.79 Å². The largest absolute Gasteiger partial charge is 0.396 e. The van der Waals surface area contributed by atoms with E-state index in [1.807, 2.05) is 0 Å². The number of piperidine rings is 1. The van der Waals surface area contributed by atoms with E-state index < -0.39 is 0 Å². The number of aliphatic hydroxyl groups is 1. The summed E-state index contributed by atoms with van der Waals surface area (Å²) in [7, 11) is 0. The first kappa shape index (κ1) is 13.5. The van der Waals surface area contributed by atoms with Crippen LogP contribution in [0.15, 0.2) is 0 Å². The molecule has 0 spiro atoms. The highest BCUT2D eigenvalue weighted by atomic mass is 16.2. The van der Waals surface area contributed by atoms with Crippen LogP contribution in [-0.4, -0.2) is 42.2 Å². The molecule has 0 aliphatic carbocycles. The molecule has 0 aromatic carbocycles. The van der Waals surface area contributed by atoms with Gasteiger partial charge in [0.15, 0.2) is 0 Å². The number of likely N-dealkylation sites (tertiary alicyclic amines) is 1. The van der Waals surface area contributed by atoms with E-state index in [1.165, 1.54) is 12.8 Å². The van der Waals surface area contributed by atoms with Crippen LogP contribution in [0.25, 0.3) is 0 Å². The lowest BCUT2D eigenvalue weighted by molar-refractivity contribution is -0.123. The van der Waals surface area contributed by atoms with Crippen molar-refractivity contribution in [3.8, 4) is 0 Å². The molecule has 4 nitrogen and oxygen atoms in total. The Labute approximate surface area is 97.8 Å². The van der Waals surface area contributed by atoms with Crippen molar-refractivity contribution in [1.82, 2.24) is 4.90 Å². The predicted octanol–water partition coefficient (Wildman–Crippen LogP) is 0.736. The fourth-order valence-electron chi connectivity index (χ4n) is 2.24. The summed E-state index contributed by atoms with van der Waals surface area (Å²) < 4.78 is 0. The first-order valence-electron chi connectivity index (χ1n) is 6.36. The van der Waals surface area contributed by atoms with E-state index in [9.17, 15) is 4.79 Å². The second-order valence-corrected chi connectivity index (χ2v) is 4.66. The van der Waals surface area contributed by atoms with Crippen molar-refractivity contribution in [2.24, 2.45) is 11.7 Å². The van der Waals surface area contributed by atoms with Gasteiger partial charge in [0, 0.05) is 12.5 Å². The molecule has 0 aromatic rings. The molecule has 1 rings (SSSR count). The van der Waals surface area contributed by atoms with Crippen LogP contribution in [0, 0.1) is 5.92 Å². The molecule has 0 bridgehead atoms. The Hall–Kier alpha value is -0.610. The lowest BCUT2D eigenvalue weighted by Gasteiger charge is -2.30. The summed E-state index contributed by atoms with van der Waals surface area (Å²) in [5.41, 5.74) is 5.29. The highest BCUT2D eigenvalue weighted by Crippen LogP contribution is 2.17. The van der Waals surface area contributed by atoms with Crippen LogP contribution < -0.4 is 5.73 Å². The number of aliphatic hydroxyl groups excluding tert-OH is 1. The summed E-state index contributed by atoms with van der Waals surface area (Å²) in [6.07, 6.45) is 6.27. The van der Waals surface area contributed by atoms with E-state index in [1.54, 1.807) is 0 Å². The van der Waals surface area contributed by atoms with Crippen molar-refractivity contribution in [2.75, 3.05) is 26.2 Å². The molecule has 0 saturated carbocycles. The van der Waals surface area contributed by atoms with Gasteiger partial charge in [0.1, 0.15) is 0 Å². The minimum absolute atomic E-state index is 0.102. The lowest BCUT2D eigenvalue weighted by atomic mass is 9.96. The fourth-order valence-corrected chi connectivity index (χ4v) is 2.24. The van der Waals surface area contributed by atoms with E-state index in [-0.39, 0.29) is 11.8 Å². The molecule has 16 heavy (non-hydrogen) atoms. The molecule has 0 atom stereocenters. The van der Waals surface area contributed by atoms with E-state index in [0.29, 0.717) is 6.61 Å². The number of nitrogens with two attached hydrogens (primary N) is 1. The first-order chi connectivity index (χ1) is 7.74. The maximum Gasteiger partial charge on any atom is 0.220 e. The number of nitrogens with zero attached hydrogens (tertiary/aromatic N) is 1. The standard InChI is InChI=1S/C12H24N2O2/c13-12(16)11-5-8-14(9-6-11)7-3-1-2-4-10-15/h11,15H,1-10H2,(H2,13,16). The molecule has 1 fully saturated rings. The van der Waals surface area contributed by atoms with Crippen LogP contribution >= 0.6 is 0 Å². The summed E-state index contributed by atoms with van der Waals surface area (Å²) in [6, 6.07) is 0. The number of carbonyl (C=O) groups excluding carboxylic acids is 1. The third-order valence-corrected chi connectivity index (χ3v) is 3.37. The van der Waals surface area contributed by atoms with Crippen molar-refractivity contribution >= 4 is 5.91 Å². The third kappa shape index (κ3) is 4.94. The zero-order chi connectivity index (χ0) is 11.8. The van der Waals surface area contributed by atoms with Gasteiger partial charge < -0.3 is 15.7 Å². The van der Waals surface area contributed by atoms with E-state index in [2.05, 4.69) is 4.90 Å². The van der Waals surface area contributed by atoms with Crippen LogP contribution in [0.2, 0.25) is 0 Å². The molecule has 1 saturated heterocycles. The number of amides is 1. The number of primary amides is 1. The molecule has 0 aromatic heterocycles. The van der Waals surface area contributed by atoms with Gasteiger partial charge in [-0.15, -0.1) is 0 Å². The van der Waals surface area contributed by atoms with Crippen LogP contribution in [0.4, 0.5) is 0 Å². The molecular formula is C12H24N2O2. The molecule has 1 aliphatic heterocycles. The normalized spacial score (nSPS) is 18.8. The summed E-state index contributed by atoms with van der Waals surface area (Å²) >= 11 is 0. The molecule has 0 radical (unpaired) electrons. The van der Waals surface area contributed by atoms with Gasteiger partial charge in [0.2, 0.25) is 5.91 Å². The number of carbonyl (C=O) groups is 1. The predicted molar refractivity (Wildman–Crippen MR) is 63.9 cm³/mol. The molecular weight excluding hydrogens is 204 g/mol. The average Bonchev–Trinajstić information content (AvgIpc) is 2.29. The number of unbranched alkanes of at least 4 members (excludes halogenated alkanes) is 3. The van der Waals surface area contributed by atoms with Gasteiger partial charge in [0.25, 0.3) is 0 Å². The second-order valence-electron chi connectivity index (χ2n) is 4.66. The number of hydrogen-bond acceptors (Lipinski definition) is 3. The lowest BCUT2D eigenvalue weighted by Crippen LogP contribution is -2.38. The maximum absolute atomic E-state index is 11.0. The Morgan fingerprint density at radius 3 is 2.38 bits per heavy atom. The van der Waals surface area contributed by atoms with Gasteiger partial charge >= 0.3 is 0 Å². The third-order valence-electron chi connectivity index (χ3n) is 3.37. The molecule has 3 N–H and O–H groups in total. The van der Waals surface area contributed by atoms with Crippen molar-refractivity contribution in [3.63, 3.8) is 0 Å². The van der Waals surface area contributed by atoms with Crippen molar-refractivity contribution in [3.05, 3.63) is 0 Å². The van der Waals surface area contributed by atoms with Gasteiger partial charge in [-0.2, -0.15) is 0 Å². The number of hydrogen-bond donors (Lipinski definition) is 2. The summed E-state index contributed by atoms with van der Waals surface area (Å²) in [4.78, 5) is 13.4. The minimum atomic E-state index is -0.136. The molecule has 4 heteroatoms. The molecule has 1 amide bonds. The quantitative estimate of drug-likeness (QED) is 0.631. The highest BCUT2D eigenvalue weighted by molar-refractivity contribution is 5.76. The summed E-state index contributed by atoms with van der Waals surface area (Å²) in [6.45, 7) is 3.45. The van der Waals surface area contributed by atoms with E-state index >= 15 is 0 Å². The van der Waals surface area contributed by atoms with Gasteiger partial charge in [0.05, 0.1) is 0 Å². The van der Waals surface area contributed by atoms with Gasteiger partial charge in [-0.05, 0) is 45.3 Å². The Bertz CT molecular complexity index is 201. The maximum atomic E-state index is 11.0. The van der Waals surface area contributed by atoms with Crippen LogP contribution in [-0.2, 0) is 4.79 Å². The highest BCUT2D eigenvalue weighted by Gasteiger charge is 2.22. The summed E-state index contributed by atoms with van der Waals surface area (Å²) in [5.74, 6) is -0.0340. The molecule has 0 unspecified atom stereocenters. The number of rotatable bonds is 7. The Kier molecular flexibility index (Phi) is 6.42. The van der Waals surface area contributed by atoms with Crippen LogP contribution in [0.1, 0.15) is 38.5 Å². The Morgan fingerprint density at radius 1 is 1.19 bits per heavy atom. The average molecular weight is 228 g/mol. The zero-order valence-electron chi connectivity index (χ0n) is 10.0. The molecule has 1 aliphatic rings. The molecule has 94 valence electrons. The minimum Gasteiger partial charge on any atom is -0.396 e. The van der Waals surface area contributed by atoms with Crippen molar-refractivity contribution in [1.29, 1.82) is 0 Å². The van der Waals surface area contributed by atoms with Crippen molar-refractivity contribution in [2.45, 2.75) is 38.5 Å². The second kappa shape index (κ2) is 7.63. The Morgan fingerprint density at radius 2 is 1.81 bits per heavy atom. The van der Waals surface area contributed by atoms with E-state index in [4.69, 9.17) is 10.8 Å². The Balaban J connectivity index is 2.02. The van der Waals surface area contributed by atoms with Crippen LogP contribution in [0.3, 0.4) is 0 Å². The topological polar surface area (TPSA) is 66.6 Å². The first-order valence-corrected chi connectivity index (χ1v) is 6.36. The van der Waals surface area contributed by atoms with Crippen molar-refractivity contribution < 1.29 is 9.90 Å². The van der Waals surface area contributed by atoms with Gasteiger partial charge in [-0.25, -0.2) is 0 Å². The van der Waals surface area contributed by atoms with Gasteiger partial charge in [-0.1, -0.05) is 12.8 Å². The van der Waals surface area contributed by atoms with E-state index in [0.717, 1.165) is 45.3 Å². The summed E-state index contributed by atoms with van der Waals surface area (Å²) in [5, 5.41) is 8.64. The smallest absolute Gasteiger partial charge is 0.220 e. The molecule has 1 heterocycles. The fraction of sp³-hybridized carbons (Fsp3) is 0.917.